The molecule has 18 heavy (non-hydrogen) atoms. The van der Waals surface area contributed by atoms with Gasteiger partial charge in [-0.2, -0.15) is 0 Å². The molecule has 0 aliphatic carbocycles. The predicted octanol–water partition coefficient (Wildman–Crippen LogP) is 3.07. The molecule has 102 valence electrons. The van der Waals surface area contributed by atoms with Crippen molar-refractivity contribution in [2.24, 2.45) is 0 Å². The van der Waals surface area contributed by atoms with Gasteiger partial charge in [0.05, 0.1) is 17.2 Å². The average Bonchev–Trinajstić information content (AvgIpc) is 2.28. The van der Waals surface area contributed by atoms with Gasteiger partial charge in [-0.25, -0.2) is 0 Å². The molecule has 0 aliphatic heterocycles. The van der Waals surface area contributed by atoms with Crippen molar-refractivity contribution in [1.29, 1.82) is 0 Å². The van der Waals surface area contributed by atoms with Crippen LogP contribution in [0.25, 0.3) is 0 Å². The third kappa shape index (κ3) is 5.80. The van der Waals surface area contributed by atoms with Gasteiger partial charge in [0.15, 0.2) is 0 Å². The summed E-state index contributed by atoms with van der Waals surface area (Å²) < 4.78 is 5.83. The summed E-state index contributed by atoms with van der Waals surface area (Å²) in [6, 6.07) is 2.23. The highest BCUT2D eigenvalue weighted by molar-refractivity contribution is 6.31. The van der Waals surface area contributed by atoms with E-state index in [0.717, 1.165) is 23.6 Å². The maximum Gasteiger partial charge on any atom is 0.0629 e. The standard InChI is InChI=1S/C14H23ClN2O/c1-5-17-12(10-18-14(2,3)4)8-11-6-7-16-9-13(11)15/h6-7,9,12,17H,5,8,10H2,1-4H3. The van der Waals surface area contributed by atoms with Crippen LogP contribution in [0, 0.1) is 0 Å². The molecule has 0 aromatic carbocycles. The van der Waals surface area contributed by atoms with Crippen LogP contribution in [0.3, 0.4) is 0 Å². The summed E-state index contributed by atoms with van der Waals surface area (Å²) >= 11 is 6.13. The van der Waals surface area contributed by atoms with Gasteiger partial charge in [-0.15, -0.1) is 0 Å². The number of hydrogen-bond acceptors (Lipinski definition) is 3. The summed E-state index contributed by atoms with van der Waals surface area (Å²) in [5.41, 5.74) is 0.991. The molecule has 0 spiro atoms. The second-order valence-corrected chi connectivity index (χ2v) is 5.76. The van der Waals surface area contributed by atoms with Crippen molar-refractivity contribution >= 4 is 11.6 Å². The van der Waals surface area contributed by atoms with Crippen molar-refractivity contribution < 1.29 is 4.74 Å². The van der Waals surface area contributed by atoms with Crippen molar-refractivity contribution in [1.82, 2.24) is 10.3 Å². The third-order valence-corrected chi connectivity index (χ3v) is 2.87. The Morgan fingerprint density at radius 2 is 2.17 bits per heavy atom. The molecular weight excluding hydrogens is 248 g/mol. The van der Waals surface area contributed by atoms with E-state index >= 15 is 0 Å². The summed E-state index contributed by atoms with van der Waals surface area (Å²) in [5.74, 6) is 0. The van der Waals surface area contributed by atoms with Crippen LogP contribution in [0.1, 0.15) is 33.3 Å². The van der Waals surface area contributed by atoms with E-state index in [-0.39, 0.29) is 11.6 Å². The van der Waals surface area contributed by atoms with Gasteiger partial charge in [-0.05, 0) is 45.4 Å². The van der Waals surface area contributed by atoms with Crippen LogP contribution in [0.2, 0.25) is 5.02 Å². The molecule has 1 atom stereocenters. The van der Waals surface area contributed by atoms with E-state index in [4.69, 9.17) is 16.3 Å². The minimum atomic E-state index is -0.115. The maximum absolute atomic E-state index is 6.13. The lowest BCUT2D eigenvalue weighted by molar-refractivity contribution is -0.0141. The lowest BCUT2D eigenvalue weighted by atomic mass is 10.1. The highest BCUT2D eigenvalue weighted by Crippen LogP contribution is 2.16. The fraction of sp³-hybridized carbons (Fsp3) is 0.643. The smallest absolute Gasteiger partial charge is 0.0629 e. The highest BCUT2D eigenvalue weighted by Gasteiger charge is 2.16. The molecule has 0 fully saturated rings. The first-order valence-electron chi connectivity index (χ1n) is 6.38. The molecule has 1 aromatic heterocycles. The molecule has 4 heteroatoms. The van der Waals surface area contributed by atoms with E-state index in [2.05, 4.69) is 38.0 Å². The highest BCUT2D eigenvalue weighted by atomic mass is 35.5. The number of nitrogens with zero attached hydrogens (tertiary/aromatic N) is 1. The van der Waals surface area contributed by atoms with Gasteiger partial charge in [-0.3, -0.25) is 4.98 Å². The predicted molar refractivity (Wildman–Crippen MR) is 76.1 cm³/mol. The van der Waals surface area contributed by atoms with Gasteiger partial charge in [0.2, 0.25) is 0 Å². The van der Waals surface area contributed by atoms with Crippen LogP contribution < -0.4 is 5.32 Å². The minimum absolute atomic E-state index is 0.115. The van der Waals surface area contributed by atoms with E-state index in [1.807, 2.05) is 6.07 Å². The first kappa shape index (κ1) is 15.4. The topological polar surface area (TPSA) is 34.1 Å². The van der Waals surface area contributed by atoms with Gasteiger partial charge in [-0.1, -0.05) is 18.5 Å². The van der Waals surface area contributed by atoms with Crippen LogP contribution in [0.4, 0.5) is 0 Å². The quantitative estimate of drug-likeness (QED) is 0.863. The van der Waals surface area contributed by atoms with E-state index < -0.39 is 0 Å². The Kier molecular flexibility index (Phi) is 6.06. The number of pyridine rings is 1. The Bertz CT molecular complexity index is 363. The molecule has 0 saturated carbocycles. The normalized spacial score (nSPS) is 13.6. The summed E-state index contributed by atoms with van der Waals surface area (Å²) in [4.78, 5) is 4.00. The third-order valence-electron chi connectivity index (χ3n) is 2.53. The molecule has 3 nitrogen and oxygen atoms in total. The van der Waals surface area contributed by atoms with E-state index in [0.29, 0.717) is 6.61 Å². The summed E-state index contributed by atoms with van der Waals surface area (Å²) in [6.45, 7) is 9.88. The van der Waals surface area contributed by atoms with Gasteiger partial charge in [0.25, 0.3) is 0 Å². The van der Waals surface area contributed by atoms with E-state index in [1.165, 1.54) is 0 Å². The van der Waals surface area contributed by atoms with Crippen molar-refractivity contribution in [3.8, 4) is 0 Å². The Balaban J connectivity index is 2.60. The second-order valence-electron chi connectivity index (χ2n) is 5.35. The maximum atomic E-state index is 6.13. The van der Waals surface area contributed by atoms with Crippen molar-refractivity contribution in [3.05, 3.63) is 29.0 Å². The number of ether oxygens (including phenoxy) is 1. The Morgan fingerprint density at radius 3 is 2.72 bits per heavy atom. The SMILES string of the molecule is CCNC(COC(C)(C)C)Cc1ccncc1Cl. The number of aromatic nitrogens is 1. The van der Waals surface area contributed by atoms with Gasteiger partial charge >= 0.3 is 0 Å². The number of hydrogen-bond donors (Lipinski definition) is 1. The zero-order chi connectivity index (χ0) is 13.6. The fourth-order valence-electron chi connectivity index (χ4n) is 1.66. The van der Waals surface area contributed by atoms with Crippen molar-refractivity contribution in [3.63, 3.8) is 0 Å². The van der Waals surface area contributed by atoms with Crippen LogP contribution in [0.15, 0.2) is 18.5 Å². The minimum Gasteiger partial charge on any atom is -0.374 e. The summed E-state index contributed by atoms with van der Waals surface area (Å²) in [7, 11) is 0. The largest absolute Gasteiger partial charge is 0.374 e. The molecule has 0 radical (unpaired) electrons. The monoisotopic (exact) mass is 270 g/mol. The van der Waals surface area contributed by atoms with Crippen LogP contribution in [-0.4, -0.2) is 29.8 Å². The zero-order valence-corrected chi connectivity index (χ0v) is 12.4. The van der Waals surface area contributed by atoms with E-state index in [9.17, 15) is 0 Å². The van der Waals surface area contributed by atoms with Crippen LogP contribution in [0.5, 0.6) is 0 Å². The number of likely N-dealkylation sites (N-methyl/N-ethyl adjacent to an activating group) is 1. The molecule has 0 saturated heterocycles. The van der Waals surface area contributed by atoms with Gasteiger partial charge in [0, 0.05) is 18.4 Å². The molecule has 1 heterocycles. The molecule has 0 bridgehead atoms. The van der Waals surface area contributed by atoms with Gasteiger partial charge in [0.1, 0.15) is 0 Å². The van der Waals surface area contributed by atoms with Crippen molar-refractivity contribution in [2.45, 2.75) is 45.8 Å². The van der Waals surface area contributed by atoms with E-state index in [1.54, 1.807) is 12.4 Å². The zero-order valence-electron chi connectivity index (χ0n) is 11.7. The number of nitrogens with one attached hydrogen (secondary N) is 1. The molecule has 0 aliphatic rings. The Hall–Kier alpha value is -0.640. The van der Waals surface area contributed by atoms with Crippen LogP contribution in [-0.2, 0) is 11.2 Å². The van der Waals surface area contributed by atoms with Crippen molar-refractivity contribution in [2.75, 3.05) is 13.2 Å². The molecule has 0 amide bonds. The average molecular weight is 271 g/mol. The number of halogens is 1. The lowest BCUT2D eigenvalue weighted by Crippen LogP contribution is -2.38. The molecule has 1 unspecified atom stereocenters. The molecular formula is C14H23ClN2O. The van der Waals surface area contributed by atoms with Gasteiger partial charge < -0.3 is 10.1 Å². The first-order valence-corrected chi connectivity index (χ1v) is 6.76. The Labute approximate surface area is 115 Å². The molecule has 1 rings (SSSR count). The Morgan fingerprint density at radius 1 is 1.44 bits per heavy atom. The van der Waals surface area contributed by atoms with Crippen LogP contribution >= 0.6 is 11.6 Å². The summed E-state index contributed by atoms with van der Waals surface area (Å²) in [6.07, 6.45) is 4.31. The first-order chi connectivity index (χ1) is 8.42. The second kappa shape index (κ2) is 7.07. The molecule has 1 N–H and O–H groups in total. The molecule has 1 aromatic rings. The summed E-state index contributed by atoms with van der Waals surface area (Å²) in [5, 5.41) is 4.15. The number of rotatable bonds is 6. The fourth-order valence-corrected chi connectivity index (χ4v) is 1.86. The lowest BCUT2D eigenvalue weighted by Gasteiger charge is -2.25.